The van der Waals surface area contributed by atoms with E-state index >= 15 is 0 Å². The van der Waals surface area contributed by atoms with Gasteiger partial charge in [-0.3, -0.25) is 4.99 Å². The summed E-state index contributed by atoms with van der Waals surface area (Å²) in [6.07, 6.45) is 5.04. The van der Waals surface area contributed by atoms with Crippen LogP contribution in [0.3, 0.4) is 0 Å². The van der Waals surface area contributed by atoms with E-state index in [-0.39, 0.29) is 16.8 Å². The van der Waals surface area contributed by atoms with Crippen LogP contribution in [0.25, 0.3) is 0 Å². The van der Waals surface area contributed by atoms with Crippen LogP contribution in [0.5, 0.6) is 0 Å². The van der Waals surface area contributed by atoms with Gasteiger partial charge in [0, 0.05) is 22.7 Å². The van der Waals surface area contributed by atoms with E-state index in [0.717, 1.165) is 30.5 Å². The summed E-state index contributed by atoms with van der Waals surface area (Å²) in [6.45, 7) is 4.39. The summed E-state index contributed by atoms with van der Waals surface area (Å²) in [5.41, 5.74) is 1.50. The number of hydrogen-bond acceptors (Lipinski definition) is 3. The van der Waals surface area contributed by atoms with Crippen molar-refractivity contribution in [2.45, 2.75) is 44.1 Å². The molecule has 0 N–H and O–H groups in total. The first-order valence-corrected chi connectivity index (χ1v) is 7.18. The van der Waals surface area contributed by atoms with E-state index in [1.807, 2.05) is 26.1 Å². The summed E-state index contributed by atoms with van der Waals surface area (Å²) in [7, 11) is -0.604. The molecule has 1 saturated carbocycles. The van der Waals surface area contributed by atoms with Crippen LogP contribution in [0.15, 0.2) is 17.1 Å². The van der Waals surface area contributed by atoms with E-state index in [1.54, 1.807) is 6.07 Å². The van der Waals surface area contributed by atoms with Crippen molar-refractivity contribution < 1.29 is 13.7 Å². The molecular weight excluding hydrogens is 256 g/mol. The van der Waals surface area contributed by atoms with Crippen molar-refractivity contribution in [3.8, 4) is 0 Å². The van der Waals surface area contributed by atoms with E-state index in [0.29, 0.717) is 12.1 Å². The summed E-state index contributed by atoms with van der Waals surface area (Å²) in [6, 6.07) is 3.63. The van der Waals surface area contributed by atoms with Gasteiger partial charge in [0.2, 0.25) is 0 Å². The van der Waals surface area contributed by atoms with Gasteiger partial charge < -0.3 is 9.31 Å². The number of nitrogens with zero attached hydrogens (tertiary/aromatic N) is 1. The molecule has 20 heavy (non-hydrogen) atoms. The van der Waals surface area contributed by atoms with Crippen molar-refractivity contribution in [2.75, 3.05) is 6.61 Å². The van der Waals surface area contributed by atoms with Gasteiger partial charge in [-0.25, -0.2) is 4.39 Å². The Bertz CT molecular complexity index is 610. The standard InChI is InChI=1S/C15H17BFNO2/c1-14(2)9-19-16(20-14)10-4-5-11-12(13(10)17)15(8-18-11)6-3-7-15/h4-5,8H,3,6-7,9H2,1-2H3. The molecule has 2 heterocycles. The second kappa shape index (κ2) is 3.92. The first-order valence-electron chi connectivity index (χ1n) is 7.18. The molecule has 0 radical (unpaired) electrons. The molecule has 3 aliphatic rings. The van der Waals surface area contributed by atoms with Gasteiger partial charge in [0.15, 0.2) is 0 Å². The third-order valence-corrected chi connectivity index (χ3v) is 4.61. The van der Waals surface area contributed by atoms with Gasteiger partial charge in [-0.15, -0.1) is 0 Å². The Labute approximate surface area is 118 Å². The lowest BCUT2D eigenvalue weighted by Gasteiger charge is -2.37. The summed E-state index contributed by atoms with van der Waals surface area (Å²) in [5, 5.41) is 0. The maximum Gasteiger partial charge on any atom is 0.497 e. The van der Waals surface area contributed by atoms with Crippen LogP contribution >= 0.6 is 0 Å². The highest BCUT2D eigenvalue weighted by Crippen LogP contribution is 2.50. The first kappa shape index (κ1) is 12.5. The van der Waals surface area contributed by atoms with E-state index in [4.69, 9.17) is 9.31 Å². The molecule has 0 bridgehead atoms. The molecule has 5 heteroatoms. The third kappa shape index (κ3) is 1.63. The number of rotatable bonds is 1. The average Bonchev–Trinajstić information content (AvgIpc) is 2.90. The van der Waals surface area contributed by atoms with Crippen LogP contribution in [0.4, 0.5) is 10.1 Å². The van der Waals surface area contributed by atoms with Crippen LogP contribution in [0, 0.1) is 5.82 Å². The maximum absolute atomic E-state index is 15.0. The van der Waals surface area contributed by atoms with Crippen molar-refractivity contribution in [3.05, 3.63) is 23.5 Å². The monoisotopic (exact) mass is 273 g/mol. The van der Waals surface area contributed by atoms with Crippen LogP contribution in [0.1, 0.15) is 38.7 Å². The molecule has 1 aliphatic carbocycles. The van der Waals surface area contributed by atoms with Gasteiger partial charge in [0.05, 0.1) is 17.9 Å². The number of hydrogen-bond donors (Lipinski definition) is 0. The Morgan fingerprint density at radius 1 is 1.30 bits per heavy atom. The lowest BCUT2D eigenvalue weighted by molar-refractivity contribution is 0.137. The lowest BCUT2D eigenvalue weighted by Crippen LogP contribution is -2.41. The SMILES string of the molecule is CC1(C)COB(c2ccc3c(c2F)C2(C=N3)CCC2)O1. The maximum atomic E-state index is 15.0. The summed E-state index contributed by atoms with van der Waals surface area (Å²) >= 11 is 0. The fourth-order valence-corrected chi connectivity index (χ4v) is 3.33. The molecule has 0 unspecified atom stereocenters. The van der Waals surface area contributed by atoms with Gasteiger partial charge >= 0.3 is 7.12 Å². The highest BCUT2D eigenvalue weighted by atomic mass is 19.1. The van der Waals surface area contributed by atoms with Gasteiger partial charge in [-0.05, 0) is 32.8 Å². The molecule has 0 atom stereocenters. The molecule has 104 valence electrons. The molecule has 1 aromatic rings. The van der Waals surface area contributed by atoms with Crippen LogP contribution in [-0.2, 0) is 14.7 Å². The van der Waals surface area contributed by atoms with Crippen LogP contribution in [-0.4, -0.2) is 25.5 Å². The molecule has 3 nitrogen and oxygen atoms in total. The summed E-state index contributed by atoms with van der Waals surface area (Å²) in [4.78, 5) is 4.39. The predicted molar refractivity (Wildman–Crippen MR) is 76.6 cm³/mol. The van der Waals surface area contributed by atoms with Crippen molar-refractivity contribution in [3.63, 3.8) is 0 Å². The third-order valence-electron chi connectivity index (χ3n) is 4.61. The topological polar surface area (TPSA) is 30.8 Å². The molecule has 1 saturated heterocycles. The Kier molecular flexibility index (Phi) is 2.46. The van der Waals surface area contributed by atoms with E-state index in [1.165, 1.54) is 0 Å². The van der Waals surface area contributed by atoms with Crippen LogP contribution in [0.2, 0.25) is 0 Å². The highest BCUT2D eigenvalue weighted by molar-refractivity contribution is 6.62. The predicted octanol–water partition coefficient (Wildman–Crippen LogP) is 2.48. The van der Waals surface area contributed by atoms with Crippen molar-refractivity contribution >= 4 is 24.5 Å². The normalized spacial score (nSPS) is 25.1. The van der Waals surface area contributed by atoms with Crippen molar-refractivity contribution in [2.24, 2.45) is 4.99 Å². The Balaban J connectivity index is 1.76. The first-order chi connectivity index (χ1) is 9.51. The average molecular weight is 273 g/mol. The van der Waals surface area contributed by atoms with E-state index in [9.17, 15) is 4.39 Å². The molecular formula is C15H17BFNO2. The second-order valence-corrected chi connectivity index (χ2v) is 6.65. The molecule has 1 spiro atoms. The van der Waals surface area contributed by atoms with Gasteiger partial charge in [0.1, 0.15) is 5.82 Å². The summed E-state index contributed by atoms with van der Waals surface area (Å²) < 4.78 is 26.4. The molecule has 1 aromatic carbocycles. The molecule has 4 rings (SSSR count). The second-order valence-electron chi connectivity index (χ2n) is 6.65. The zero-order chi connectivity index (χ0) is 14.0. The fourth-order valence-electron chi connectivity index (χ4n) is 3.33. The Morgan fingerprint density at radius 2 is 2.10 bits per heavy atom. The van der Waals surface area contributed by atoms with E-state index in [2.05, 4.69) is 4.99 Å². The largest absolute Gasteiger partial charge is 0.497 e. The van der Waals surface area contributed by atoms with Gasteiger partial charge in [-0.2, -0.15) is 0 Å². The lowest BCUT2D eigenvalue weighted by atomic mass is 9.64. The molecule has 2 fully saturated rings. The zero-order valence-electron chi connectivity index (χ0n) is 11.8. The van der Waals surface area contributed by atoms with E-state index < -0.39 is 7.12 Å². The highest BCUT2D eigenvalue weighted by Gasteiger charge is 2.47. The molecule has 0 amide bonds. The molecule has 0 aromatic heterocycles. The number of benzene rings is 1. The minimum Gasteiger partial charge on any atom is -0.404 e. The quantitative estimate of drug-likeness (QED) is 0.736. The molecule has 2 aliphatic heterocycles. The van der Waals surface area contributed by atoms with Crippen LogP contribution < -0.4 is 5.46 Å². The zero-order valence-corrected chi connectivity index (χ0v) is 11.8. The fraction of sp³-hybridized carbons (Fsp3) is 0.533. The van der Waals surface area contributed by atoms with Crippen molar-refractivity contribution in [1.29, 1.82) is 0 Å². The van der Waals surface area contributed by atoms with Gasteiger partial charge in [-0.1, -0.05) is 12.5 Å². The summed E-state index contributed by atoms with van der Waals surface area (Å²) in [5.74, 6) is -0.192. The van der Waals surface area contributed by atoms with Gasteiger partial charge in [0.25, 0.3) is 0 Å². The number of halogens is 1. The Hall–Kier alpha value is -1.20. The number of aliphatic imine (C=N–C) groups is 1. The minimum absolute atomic E-state index is 0.163. The Morgan fingerprint density at radius 3 is 2.70 bits per heavy atom. The minimum atomic E-state index is -0.604. The van der Waals surface area contributed by atoms with Crippen molar-refractivity contribution in [1.82, 2.24) is 0 Å². The smallest absolute Gasteiger partial charge is 0.404 e. The number of fused-ring (bicyclic) bond motifs is 2.